The van der Waals surface area contributed by atoms with E-state index >= 15 is 0 Å². The molecule has 0 bridgehead atoms. The first kappa shape index (κ1) is 17.7. The van der Waals surface area contributed by atoms with Gasteiger partial charge in [-0.05, 0) is 51.2 Å². The van der Waals surface area contributed by atoms with Gasteiger partial charge in [-0.3, -0.25) is 0 Å². The third-order valence-electron chi connectivity index (χ3n) is 4.51. The normalized spacial score (nSPS) is 14.5. The van der Waals surface area contributed by atoms with Crippen LogP contribution in [0, 0.1) is 0 Å². The molecule has 0 radical (unpaired) electrons. The van der Waals surface area contributed by atoms with Crippen LogP contribution < -0.4 is 0 Å². The maximum absolute atomic E-state index is 12.3. The van der Waals surface area contributed by atoms with Crippen LogP contribution in [-0.2, 0) is 19.4 Å². The van der Waals surface area contributed by atoms with Crippen molar-refractivity contribution in [2.24, 2.45) is 0 Å². The van der Waals surface area contributed by atoms with Crippen LogP contribution in [0.5, 0.6) is 0 Å². The Labute approximate surface area is 161 Å². The van der Waals surface area contributed by atoms with Gasteiger partial charge in [-0.2, -0.15) is 11.3 Å². The maximum Gasteiger partial charge on any atom is 0.339 e. The minimum absolute atomic E-state index is 0.179. The van der Waals surface area contributed by atoms with Crippen LogP contribution in [0.3, 0.4) is 0 Å². The van der Waals surface area contributed by atoms with Gasteiger partial charge in [0.05, 0.1) is 10.5 Å². The predicted molar refractivity (Wildman–Crippen MR) is 107 cm³/mol. The molecule has 6 heteroatoms. The highest BCUT2D eigenvalue weighted by Gasteiger charge is 2.27. The van der Waals surface area contributed by atoms with Crippen molar-refractivity contribution in [1.82, 2.24) is 0 Å². The molecule has 1 aromatic heterocycles. The summed E-state index contributed by atoms with van der Waals surface area (Å²) in [6, 6.07) is 16.4. The van der Waals surface area contributed by atoms with Gasteiger partial charge in [-0.25, -0.2) is 13.2 Å². The molecule has 27 heavy (non-hydrogen) atoms. The first-order valence-corrected chi connectivity index (χ1v) is 11.1. The zero-order valence-corrected chi connectivity index (χ0v) is 16.1. The van der Waals surface area contributed by atoms with E-state index < -0.39 is 9.84 Å². The number of cyclic esters (lactones) is 1. The Morgan fingerprint density at radius 3 is 2.07 bits per heavy atom. The smallest absolute Gasteiger partial charge is 0.339 e. The molecule has 0 saturated carbocycles. The van der Waals surface area contributed by atoms with E-state index in [0.29, 0.717) is 5.57 Å². The third kappa shape index (κ3) is 3.46. The van der Waals surface area contributed by atoms with Crippen LogP contribution in [0.4, 0.5) is 0 Å². The summed E-state index contributed by atoms with van der Waals surface area (Å²) in [5.41, 5.74) is 5.10. The number of thiophene rings is 1. The van der Waals surface area contributed by atoms with E-state index in [1.54, 1.807) is 35.6 Å². The van der Waals surface area contributed by atoms with Crippen molar-refractivity contribution in [3.05, 3.63) is 76.5 Å². The van der Waals surface area contributed by atoms with Crippen molar-refractivity contribution in [3.63, 3.8) is 0 Å². The predicted octanol–water partition coefficient (Wildman–Crippen LogP) is 4.29. The van der Waals surface area contributed by atoms with Crippen molar-refractivity contribution in [2.75, 3.05) is 12.9 Å². The Balaban J connectivity index is 1.74. The largest absolute Gasteiger partial charge is 0.457 e. The van der Waals surface area contributed by atoms with E-state index in [4.69, 9.17) is 4.74 Å². The van der Waals surface area contributed by atoms with E-state index in [9.17, 15) is 13.2 Å². The highest BCUT2D eigenvalue weighted by Crippen LogP contribution is 2.34. The average Bonchev–Trinajstić information content (AvgIpc) is 3.31. The van der Waals surface area contributed by atoms with Gasteiger partial charge in [0.25, 0.3) is 0 Å². The number of hydrogen-bond acceptors (Lipinski definition) is 5. The highest BCUT2D eigenvalue weighted by atomic mass is 32.2. The monoisotopic (exact) mass is 396 g/mol. The molecule has 2 aromatic carbocycles. The summed E-state index contributed by atoms with van der Waals surface area (Å²) in [5, 5.41) is 4.10. The summed E-state index contributed by atoms with van der Waals surface area (Å²) in [4.78, 5) is 12.6. The highest BCUT2D eigenvalue weighted by molar-refractivity contribution is 7.90. The standard InChI is InChI=1S/C21H16O4S2/c1-27(23,24)18-8-6-15(7-9-18)19-12-25-21(22)20(19)16-4-2-14(3-5-16)17-10-11-26-13-17/h2-11,13H,12H2,1H3. The van der Waals surface area contributed by atoms with Crippen LogP contribution >= 0.6 is 11.3 Å². The number of esters is 1. The Morgan fingerprint density at radius 2 is 1.48 bits per heavy atom. The first-order valence-electron chi connectivity index (χ1n) is 8.27. The molecule has 1 aliphatic rings. The van der Waals surface area contributed by atoms with E-state index in [-0.39, 0.29) is 17.5 Å². The number of carbonyl (C=O) groups excluding carboxylic acids is 1. The molecule has 2 heterocycles. The average molecular weight is 396 g/mol. The van der Waals surface area contributed by atoms with Crippen LogP contribution in [0.2, 0.25) is 0 Å². The zero-order valence-electron chi connectivity index (χ0n) is 14.5. The van der Waals surface area contributed by atoms with Gasteiger partial charge >= 0.3 is 5.97 Å². The van der Waals surface area contributed by atoms with Gasteiger partial charge in [0.2, 0.25) is 0 Å². The van der Waals surface area contributed by atoms with Crippen molar-refractivity contribution in [3.8, 4) is 11.1 Å². The number of ether oxygens (including phenoxy) is 1. The quantitative estimate of drug-likeness (QED) is 0.618. The summed E-state index contributed by atoms with van der Waals surface area (Å²) in [6.45, 7) is 0.179. The second kappa shape index (κ2) is 6.79. The second-order valence-electron chi connectivity index (χ2n) is 6.32. The summed E-state index contributed by atoms with van der Waals surface area (Å²) in [5.74, 6) is -0.361. The Hall–Kier alpha value is -2.70. The lowest BCUT2D eigenvalue weighted by Crippen LogP contribution is -1.98. The number of hydrogen-bond donors (Lipinski definition) is 0. The third-order valence-corrected chi connectivity index (χ3v) is 6.32. The lowest BCUT2D eigenvalue weighted by molar-refractivity contribution is -0.133. The lowest BCUT2D eigenvalue weighted by Gasteiger charge is -2.07. The SMILES string of the molecule is CS(=O)(=O)c1ccc(C2=C(c3ccc(-c4ccsc4)cc3)C(=O)OC2)cc1. The maximum atomic E-state index is 12.3. The molecule has 0 N–H and O–H groups in total. The van der Waals surface area contributed by atoms with Gasteiger partial charge in [0.1, 0.15) is 6.61 Å². The lowest BCUT2D eigenvalue weighted by atomic mass is 9.95. The van der Waals surface area contributed by atoms with Crippen molar-refractivity contribution in [1.29, 1.82) is 0 Å². The van der Waals surface area contributed by atoms with E-state index in [1.807, 2.05) is 29.6 Å². The molecule has 0 spiro atoms. The van der Waals surface area contributed by atoms with Gasteiger partial charge in [0, 0.05) is 11.8 Å². The van der Waals surface area contributed by atoms with Gasteiger partial charge in [-0.1, -0.05) is 36.4 Å². The number of carbonyl (C=O) groups is 1. The van der Waals surface area contributed by atoms with Crippen molar-refractivity contribution in [2.45, 2.75) is 4.90 Å². The molecule has 0 aliphatic carbocycles. The summed E-state index contributed by atoms with van der Waals surface area (Å²) in [7, 11) is -3.26. The molecule has 0 atom stereocenters. The molecular formula is C21H16O4S2. The minimum Gasteiger partial charge on any atom is -0.457 e. The topological polar surface area (TPSA) is 60.4 Å². The molecule has 4 rings (SSSR count). The second-order valence-corrected chi connectivity index (χ2v) is 9.11. The molecule has 3 aromatic rings. The number of sulfone groups is 1. The van der Waals surface area contributed by atoms with Gasteiger partial charge < -0.3 is 4.74 Å². The molecule has 0 saturated heterocycles. The minimum atomic E-state index is -3.26. The summed E-state index contributed by atoms with van der Waals surface area (Å²) < 4.78 is 28.5. The van der Waals surface area contributed by atoms with Gasteiger partial charge in [-0.15, -0.1) is 0 Å². The Kier molecular flexibility index (Phi) is 4.45. The Bertz CT molecular complexity index is 1120. The number of rotatable bonds is 4. The molecule has 4 nitrogen and oxygen atoms in total. The van der Waals surface area contributed by atoms with Crippen LogP contribution in [0.25, 0.3) is 22.3 Å². The molecule has 1 aliphatic heterocycles. The fraction of sp³-hybridized carbons (Fsp3) is 0.0952. The van der Waals surface area contributed by atoms with Crippen LogP contribution in [-0.4, -0.2) is 27.2 Å². The fourth-order valence-electron chi connectivity index (χ4n) is 3.09. The van der Waals surface area contributed by atoms with Gasteiger partial charge in [0.15, 0.2) is 9.84 Å². The summed E-state index contributed by atoms with van der Waals surface area (Å²) in [6.07, 6.45) is 1.17. The van der Waals surface area contributed by atoms with Crippen LogP contribution in [0.1, 0.15) is 11.1 Å². The van der Waals surface area contributed by atoms with E-state index in [2.05, 4.69) is 11.4 Å². The van der Waals surface area contributed by atoms with Crippen LogP contribution in [0.15, 0.2) is 70.3 Å². The molecule has 0 fully saturated rings. The van der Waals surface area contributed by atoms with Crippen molar-refractivity contribution < 1.29 is 17.9 Å². The fourth-order valence-corrected chi connectivity index (χ4v) is 4.38. The Morgan fingerprint density at radius 1 is 0.852 bits per heavy atom. The first-order chi connectivity index (χ1) is 12.9. The zero-order chi connectivity index (χ0) is 19.0. The molecule has 136 valence electrons. The van der Waals surface area contributed by atoms with E-state index in [1.165, 1.54) is 6.26 Å². The number of benzene rings is 2. The van der Waals surface area contributed by atoms with E-state index in [0.717, 1.165) is 27.8 Å². The molecule has 0 amide bonds. The molecular weight excluding hydrogens is 380 g/mol. The molecule has 0 unspecified atom stereocenters. The summed E-state index contributed by atoms with van der Waals surface area (Å²) >= 11 is 1.64. The van der Waals surface area contributed by atoms with Crippen molar-refractivity contribution >= 4 is 38.3 Å².